The number of rotatable bonds is 7. The van der Waals surface area contributed by atoms with Gasteiger partial charge in [0.15, 0.2) is 5.60 Å². The van der Waals surface area contributed by atoms with Crippen LogP contribution in [0.15, 0.2) is 29.1 Å². The summed E-state index contributed by atoms with van der Waals surface area (Å²) in [6.07, 6.45) is 12.8. The zero-order valence-corrected chi connectivity index (χ0v) is 33.3. The third-order valence-corrected chi connectivity index (χ3v) is 16.6. The zero-order valence-electron chi connectivity index (χ0n) is 33.3. The third kappa shape index (κ3) is 5.52. The highest BCUT2D eigenvalue weighted by Gasteiger charge is 2.60. The number of ether oxygens (including phenoxy) is 2. The van der Waals surface area contributed by atoms with Gasteiger partial charge in [-0.2, -0.15) is 0 Å². The molecule has 4 heterocycles. The molecule has 0 saturated heterocycles. The Morgan fingerprint density at radius 1 is 1.02 bits per heavy atom. The topological polar surface area (TPSA) is 128 Å². The minimum absolute atomic E-state index is 0.0923. The smallest absolute Gasteiger partial charge is 0.343 e. The van der Waals surface area contributed by atoms with Gasteiger partial charge in [0.25, 0.3) is 5.56 Å². The van der Waals surface area contributed by atoms with E-state index in [-0.39, 0.29) is 30.7 Å². The summed E-state index contributed by atoms with van der Waals surface area (Å²) in [5.74, 6) is 3.66. The van der Waals surface area contributed by atoms with Crippen LogP contribution in [-0.2, 0) is 39.5 Å². The Kier molecular flexibility index (Phi) is 8.93. The maximum absolute atomic E-state index is 13.7. The summed E-state index contributed by atoms with van der Waals surface area (Å²) >= 11 is 0. The maximum Gasteiger partial charge on any atom is 0.343 e. The Hall–Kier alpha value is -3.56. The van der Waals surface area contributed by atoms with Crippen molar-refractivity contribution in [3.8, 4) is 17.1 Å². The molecule has 9 nitrogen and oxygen atoms in total. The van der Waals surface area contributed by atoms with Crippen LogP contribution in [0.3, 0.4) is 0 Å². The second-order valence-electron chi connectivity index (χ2n) is 18.9. The van der Waals surface area contributed by atoms with Gasteiger partial charge in [-0.05, 0) is 153 Å². The Labute approximate surface area is 324 Å². The van der Waals surface area contributed by atoms with Gasteiger partial charge in [0, 0.05) is 22.9 Å². The molecular weight excluding hydrogens is 693 g/mol. The molecule has 0 spiro atoms. The number of benzene rings is 1. The lowest BCUT2D eigenvalue weighted by atomic mass is 9.44. The van der Waals surface area contributed by atoms with E-state index in [1.165, 1.54) is 44.9 Å². The first-order valence-electron chi connectivity index (χ1n) is 21.3. The van der Waals surface area contributed by atoms with Crippen LogP contribution in [0.25, 0.3) is 22.3 Å². The van der Waals surface area contributed by atoms with Crippen molar-refractivity contribution in [3.05, 3.63) is 56.9 Å². The molecular formula is C46H58N2O7. The Morgan fingerprint density at radius 3 is 2.58 bits per heavy atom. The van der Waals surface area contributed by atoms with Gasteiger partial charge in [-0.15, -0.1) is 0 Å². The van der Waals surface area contributed by atoms with Crippen LogP contribution in [0.5, 0.6) is 5.75 Å². The van der Waals surface area contributed by atoms with Gasteiger partial charge in [-0.3, -0.25) is 9.59 Å². The van der Waals surface area contributed by atoms with E-state index in [0.29, 0.717) is 76.2 Å². The van der Waals surface area contributed by atoms with E-state index < -0.39 is 11.6 Å². The molecule has 9 heteroatoms. The van der Waals surface area contributed by atoms with Crippen LogP contribution in [-0.4, -0.2) is 37.8 Å². The third-order valence-electron chi connectivity index (χ3n) is 16.6. The first kappa shape index (κ1) is 37.0. The number of aliphatic hydroxyl groups excluding tert-OH is 1. The van der Waals surface area contributed by atoms with E-state index >= 15 is 0 Å². The number of hydrogen-bond acceptors (Lipinski definition) is 8. The second kappa shape index (κ2) is 13.3. The fraction of sp³-hybridized carbons (Fsp3) is 0.652. The standard InChI is InChI=1S/C46H58N2O7/c1-6-29-31-21-28(10-14-38(31)47-41-32(29)23-48-39(41)22-37-33(42(48)51)24-54-43(52)46(37,53)7-2)55-40(50)15-8-25(3)34-12-13-35-30-11-9-26-20-27(49)16-18-44(26,4)36(30)17-19-45(34,35)5/h10,14,21-22,25-27,30,34-36,49,53H,6-9,11-13,15-20,23-24H2,1-5H3/t25-,26-,27-,30+,34-,35+,36+,44+,45-,46+/m1/s1. The van der Waals surface area contributed by atoms with E-state index in [2.05, 4.69) is 27.7 Å². The predicted molar refractivity (Wildman–Crippen MR) is 209 cm³/mol. The van der Waals surface area contributed by atoms with Crippen molar-refractivity contribution in [2.75, 3.05) is 0 Å². The molecule has 0 unspecified atom stereocenters. The van der Waals surface area contributed by atoms with E-state index in [1.807, 2.05) is 12.1 Å². The molecule has 55 heavy (non-hydrogen) atoms. The van der Waals surface area contributed by atoms with E-state index in [4.69, 9.17) is 14.5 Å². The summed E-state index contributed by atoms with van der Waals surface area (Å²) < 4.78 is 12.9. The van der Waals surface area contributed by atoms with Crippen LogP contribution in [0, 0.1) is 46.3 Å². The highest BCUT2D eigenvalue weighted by atomic mass is 16.6. The highest BCUT2D eigenvalue weighted by molar-refractivity contribution is 5.90. The van der Waals surface area contributed by atoms with E-state index in [0.717, 1.165) is 59.0 Å². The first-order valence-corrected chi connectivity index (χ1v) is 21.3. The summed E-state index contributed by atoms with van der Waals surface area (Å²) in [7, 11) is 0. The van der Waals surface area contributed by atoms with Crippen molar-refractivity contribution in [1.29, 1.82) is 0 Å². The van der Waals surface area contributed by atoms with Crippen molar-refractivity contribution in [2.24, 2.45) is 46.3 Å². The van der Waals surface area contributed by atoms with Gasteiger partial charge in [0.2, 0.25) is 0 Å². The molecule has 4 aliphatic carbocycles. The number of fused-ring (bicyclic) bond motifs is 10. The number of carbonyl (C=O) groups excluding carboxylic acids is 2. The van der Waals surface area contributed by atoms with Crippen LogP contribution in [0.1, 0.15) is 134 Å². The number of esters is 2. The molecule has 4 saturated carbocycles. The molecule has 4 fully saturated rings. The minimum atomic E-state index is -1.87. The van der Waals surface area contributed by atoms with E-state index in [9.17, 15) is 24.6 Å². The van der Waals surface area contributed by atoms with Gasteiger partial charge in [0.1, 0.15) is 12.4 Å². The molecule has 1 aromatic carbocycles. The van der Waals surface area contributed by atoms with Crippen molar-refractivity contribution < 1.29 is 29.3 Å². The average Bonchev–Trinajstić information content (AvgIpc) is 3.72. The number of aromatic nitrogens is 2. The molecule has 0 radical (unpaired) electrons. The molecule has 2 aromatic heterocycles. The zero-order chi connectivity index (χ0) is 38.6. The Morgan fingerprint density at radius 2 is 1.80 bits per heavy atom. The Balaban J connectivity index is 0.891. The number of aliphatic hydroxyl groups is 2. The quantitative estimate of drug-likeness (QED) is 0.144. The highest BCUT2D eigenvalue weighted by Crippen LogP contribution is 2.68. The molecule has 0 amide bonds. The van der Waals surface area contributed by atoms with Crippen molar-refractivity contribution in [3.63, 3.8) is 0 Å². The number of pyridine rings is 2. The fourth-order valence-corrected chi connectivity index (χ4v) is 13.5. The minimum Gasteiger partial charge on any atom is -0.458 e. The number of aryl methyl sites for hydroxylation is 1. The second-order valence-corrected chi connectivity index (χ2v) is 18.9. The van der Waals surface area contributed by atoms with Crippen LogP contribution in [0.4, 0.5) is 0 Å². The monoisotopic (exact) mass is 750 g/mol. The van der Waals surface area contributed by atoms with Gasteiger partial charge < -0.3 is 24.3 Å². The molecule has 2 N–H and O–H groups in total. The molecule has 3 aromatic rings. The molecule has 2 aliphatic heterocycles. The average molecular weight is 751 g/mol. The summed E-state index contributed by atoms with van der Waals surface area (Å²) in [6, 6.07) is 7.32. The van der Waals surface area contributed by atoms with Crippen molar-refractivity contribution >= 4 is 22.8 Å². The lowest BCUT2D eigenvalue weighted by molar-refractivity contribution is -0.172. The predicted octanol–water partition coefficient (Wildman–Crippen LogP) is 7.98. The van der Waals surface area contributed by atoms with Crippen molar-refractivity contribution in [1.82, 2.24) is 9.55 Å². The van der Waals surface area contributed by atoms with Gasteiger partial charge >= 0.3 is 11.9 Å². The number of nitrogens with zero attached hydrogens (tertiary/aromatic N) is 2. The van der Waals surface area contributed by atoms with Gasteiger partial charge in [-0.1, -0.05) is 34.6 Å². The van der Waals surface area contributed by atoms with Crippen LogP contribution < -0.4 is 10.3 Å². The molecule has 10 atom stereocenters. The molecule has 6 aliphatic rings. The summed E-state index contributed by atoms with van der Waals surface area (Å²) in [6.45, 7) is 11.4. The summed E-state index contributed by atoms with van der Waals surface area (Å²) in [5, 5.41) is 22.6. The maximum atomic E-state index is 13.7. The number of carbonyl (C=O) groups is 2. The SMILES string of the molecule is CCc1c2c(nc3ccc(OC(=O)CC[C@@H](C)[C@H]4CC[C@H]5[C@@H]6CC[C@@H]7C[C@H](O)CC[C@]7(C)[C@H]6CC[C@]45C)cc13)-c1cc3c(c(=O)n1C2)COC(=O)[C@]3(O)CC. The summed E-state index contributed by atoms with van der Waals surface area (Å²) in [5.41, 5.74) is 3.13. The number of cyclic esters (lactones) is 1. The molecule has 0 bridgehead atoms. The number of hydrogen-bond donors (Lipinski definition) is 2. The fourth-order valence-electron chi connectivity index (χ4n) is 13.5. The van der Waals surface area contributed by atoms with Gasteiger partial charge in [-0.25, -0.2) is 9.78 Å². The van der Waals surface area contributed by atoms with E-state index in [1.54, 1.807) is 23.6 Å². The van der Waals surface area contributed by atoms with Crippen molar-refractivity contribution in [2.45, 2.75) is 143 Å². The lowest BCUT2D eigenvalue weighted by Crippen LogP contribution is -2.54. The summed E-state index contributed by atoms with van der Waals surface area (Å²) in [4.78, 5) is 44.7. The van der Waals surface area contributed by atoms with Crippen LogP contribution in [0.2, 0.25) is 0 Å². The first-order chi connectivity index (χ1) is 26.3. The Bertz CT molecular complexity index is 2140. The largest absolute Gasteiger partial charge is 0.458 e. The normalized spacial score (nSPS) is 35.1. The van der Waals surface area contributed by atoms with Crippen LogP contribution >= 0.6 is 0 Å². The lowest BCUT2D eigenvalue weighted by Gasteiger charge is -2.61. The molecule has 9 rings (SSSR count). The van der Waals surface area contributed by atoms with Gasteiger partial charge in [0.05, 0.1) is 35.1 Å². The molecule has 294 valence electrons.